The Hall–Kier alpha value is -3.95. The van der Waals surface area contributed by atoms with Crippen molar-refractivity contribution in [1.29, 1.82) is 0 Å². The molecule has 10 heteroatoms. The number of fused-ring (bicyclic) bond motifs is 3. The first kappa shape index (κ1) is 23.8. The molecule has 1 aromatic carbocycles. The third-order valence-corrected chi connectivity index (χ3v) is 6.82. The lowest BCUT2D eigenvalue weighted by Gasteiger charge is -2.22. The molecule has 0 bridgehead atoms. The number of aryl methyl sites for hydroxylation is 1. The summed E-state index contributed by atoms with van der Waals surface area (Å²) in [5.41, 5.74) is 2.68. The van der Waals surface area contributed by atoms with Crippen molar-refractivity contribution in [2.24, 2.45) is 5.41 Å². The molecular weight excluding hydrogens is 458 g/mol. The summed E-state index contributed by atoms with van der Waals surface area (Å²) in [4.78, 5) is 21.3. The van der Waals surface area contributed by atoms with E-state index in [4.69, 9.17) is 9.72 Å². The molecule has 1 N–H and O–H groups in total. The van der Waals surface area contributed by atoms with Crippen molar-refractivity contribution in [3.63, 3.8) is 0 Å². The van der Waals surface area contributed by atoms with E-state index in [2.05, 4.69) is 33.6 Å². The van der Waals surface area contributed by atoms with Gasteiger partial charge < -0.3 is 14.4 Å². The fraction of sp³-hybridized carbons (Fsp3) is 0.423. The van der Waals surface area contributed by atoms with E-state index in [1.54, 1.807) is 17.8 Å². The first-order valence-electron chi connectivity index (χ1n) is 12.2. The normalized spacial score (nSPS) is 14.6. The molecule has 0 fully saturated rings. The topological polar surface area (TPSA) is 113 Å². The number of carbonyl (C=O) groups is 1. The number of hydrogen-bond donors (Lipinski definition) is 1. The molecular formula is C26H31N7O3. The average Bonchev–Trinajstić information content (AvgIpc) is 3.55. The van der Waals surface area contributed by atoms with Gasteiger partial charge in [0.15, 0.2) is 5.82 Å². The summed E-state index contributed by atoms with van der Waals surface area (Å²) in [7, 11) is 0. The van der Waals surface area contributed by atoms with Gasteiger partial charge in [0.05, 0.1) is 30.3 Å². The summed E-state index contributed by atoms with van der Waals surface area (Å²) in [6, 6.07) is 6.21. The van der Waals surface area contributed by atoms with Gasteiger partial charge >= 0.3 is 5.97 Å². The van der Waals surface area contributed by atoms with Crippen LogP contribution in [0.4, 0.5) is 0 Å². The summed E-state index contributed by atoms with van der Waals surface area (Å²) < 4.78 is 11.8. The van der Waals surface area contributed by atoms with Crippen LogP contribution in [-0.4, -0.2) is 51.8 Å². The van der Waals surface area contributed by atoms with Gasteiger partial charge in [-0.3, -0.25) is 9.48 Å². The van der Waals surface area contributed by atoms with Crippen LogP contribution >= 0.6 is 0 Å². The molecule has 0 saturated heterocycles. The van der Waals surface area contributed by atoms with E-state index >= 15 is 0 Å². The van der Waals surface area contributed by atoms with Crippen molar-refractivity contribution < 1.29 is 14.6 Å². The number of ether oxygens (including phenoxy) is 1. The van der Waals surface area contributed by atoms with Crippen molar-refractivity contribution in [2.45, 2.75) is 60.2 Å². The van der Waals surface area contributed by atoms with Gasteiger partial charge in [0, 0.05) is 24.0 Å². The predicted octanol–water partition coefficient (Wildman–Crippen LogP) is 4.45. The van der Waals surface area contributed by atoms with Crippen molar-refractivity contribution >= 4 is 5.97 Å². The monoisotopic (exact) mass is 489 g/mol. The predicted molar refractivity (Wildman–Crippen MR) is 135 cm³/mol. The molecule has 10 nitrogen and oxygen atoms in total. The molecule has 1 atom stereocenters. The van der Waals surface area contributed by atoms with E-state index in [9.17, 15) is 9.90 Å². The minimum Gasteiger partial charge on any atom is -0.491 e. The number of carboxylic acids is 1. The van der Waals surface area contributed by atoms with Crippen LogP contribution in [0.3, 0.4) is 0 Å². The lowest BCUT2D eigenvalue weighted by Crippen LogP contribution is -2.32. The summed E-state index contributed by atoms with van der Waals surface area (Å²) in [6.07, 6.45) is 6.18. The minimum atomic E-state index is -0.868. The number of rotatable bonds is 7. The average molecular weight is 490 g/mol. The Morgan fingerprint density at radius 2 is 2.00 bits per heavy atom. The van der Waals surface area contributed by atoms with E-state index in [0.29, 0.717) is 26.1 Å². The number of aromatic nitrogens is 7. The number of benzene rings is 1. The third-order valence-electron chi connectivity index (χ3n) is 6.82. The molecule has 4 heterocycles. The van der Waals surface area contributed by atoms with Gasteiger partial charge in [-0.05, 0) is 51.8 Å². The minimum absolute atomic E-state index is 0.174. The molecule has 188 valence electrons. The van der Waals surface area contributed by atoms with Gasteiger partial charge in [-0.2, -0.15) is 10.2 Å². The maximum absolute atomic E-state index is 11.7. The molecule has 1 aliphatic rings. The molecule has 1 aliphatic heterocycles. The van der Waals surface area contributed by atoms with Crippen LogP contribution in [-0.2, 0) is 17.9 Å². The third kappa shape index (κ3) is 4.16. The van der Waals surface area contributed by atoms with E-state index in [-0.39, 0.29) is 6.04 Å². The maximum atomic E-state index is 11.7. The van der Waals surface area contributed by atoms with Crippen molar-refractivity contribution in [2.75, 3.05) is 6.61 Å². The molecule has 0 radical (unpaired) electrons. The van der Waals surface area contributed by atoms with Crippen LogP contribution in [0.1, 0.15) is 46.0 Å². The Morgan fingerprint density at radius 3 is 2.72 bits per heavy atom. The molecule has 0 amide bonds. The Morgan fingerprint density at radius 1 is 1.19 bits per heavy atom. The molecule has 0 spiro atoms. The van der Waals surface area contributed by atoms with Crippen LogP contribution in [0.15, 0.2) is 36.8 Å². The van der Waals surface area contributed by atoms with Gasteiger partial charge in [0.1, 0.15) is 29.7 Å². The largest absolute Gasteiger partial charge is 0.491 e. The highest BCUT2D eigenvalue weighted by atomic mass is 16.5. The highest BCUT2D eigenvalue weighted by molar-refractivity contribution is 5.75. The van der Waals surface area contributed by atoms with Crippen LogP contribution in [0.5, 0.6) is 5.75 Å². The Balaban J connectivity index is 1.47. The van der Waals surface area contributed by atoms with E-state index in [1.807, 2.05) is 49.1 Å². The second kappa shape index (κ2) is 8.92. The maximum Gasteiger partial charge on any atom is 0.311 e. The smallest absolute Gasteiger partial charge is 0.311 e. The Bertz CT molecular complexity index is 1430. The lowest BCUT2D eigenvalue weighted by molar-refractivity contribution is -0.149. The Labute approximate surface area is 209 Å². The summed E-state index contributed by atoms with van der Waals surface area (Å²) in [5, 5.41) is 18.5. The number of carboxylic acid groups (broad SMARTS) is 1. The number of aliphatic carboxylic acids is 1. The second-order valence-corrected chi connectivity index (χ2v) is 9.87. The van der Waals surface area contributed by atoms with Gasteiger partial charge in [0.25, 0.3) is 0 Å². The van der Waals surface area contributed by atoms with Crippen LogP contribution in [0.2, 0.25) is 0 Å². The van der Waals surface area contributed by atoms with Crippen LogP contribution in [0, 0.1) is 12.3 Å². The van der Waals surface area contributed by atoms with Gasteiger partial charge in [-0.15, -0.1) is 0 Å². The van der Waals surface area contributed by atoms with E-state index in [1.165, 1.54) is 0 Å². The molecule has 4 aromatic rings. The van der Waals surface area contributed by atoms with Gasteiger partial charge in [0.2, 0.25) is 0 Å². The SMILES string of the molecule is CCC(C)(Cn1cc(-c2ccc3c(c2)OCCn2cc(-c4nc(C)nn4C(C)C)nc2-3)cn1)C(=O)O. The molecule has 0 saturated carbocycles. The molecule has 3 aromatic heterocycles. The standard InChI is InChI=1S/C26H31N7O3/c1-6-26(5,25(34)35)15-32-13-19(12-27-32)18-7-8-20-22(11-18)36-10-9-31-14-21(29-23(20)31)24-28-17(4)30-33(24)16(2)3/h7-8,11-14,16H,6,9-10,15H2,1-5H3,(H,34,35). The summed E-state index contributed by atoms with van der Waals surface area (Å²) in [6.45, 7) is 11.2. The van der Waals surface area contributed by atoms with Crippen LogP contribution in [0.25, 0.3) is 34.0 Å². The number of imidazole rings is 1. The summed E-state index contributed by atoms with van der Waals surface area (Å²) in [5.74, 6) is 2.24. The molecule has 36 heavy (non-hydrogen) atoms. The van der Waals surface area contributed by atoms with Crippen molar-refractivity contribution in [3.05, 3.63) is 42.6 Å². The van der Waals surface area contributed by atoms with E-state index in [0.717, 1.165) is 45.6 Å². The zero-order chi connectivity index (χ0) is 25.6. The van der Waals surface area contributed by atoms with Gasteiger partial charge in [-0.1, -0.05) is 13.0 Å². The van der Waals surface area contributed by atoms with Crippen molar-refractivity contribution in [3.8, 4) is 39.8 Å². The van der Waals surface area contributed by atoms with Gasteiger partial charge in [-0.25, -0.2) is 14.6 Å². The molecule has 1 unspecified atom stereocenters. The Kier molecular flexibility index (Phi) is 5.89. The van der Waals surface area contributed by atoms with Crippen LogP contribution < -0.4 is 4.74 Å². The fourth-order valence-electron chi connectivity index (χ4n) is 4.42. The molecule has 0 aliphatic carbocycles. The van der Waals surface area contributed by atoms with E-state index < -0.39 is 11.4 Å². The molecule has 5 rings (SSSR count). The fourth-order valence-corrected chi connectivity index (χ4v) is 4.42. The highest BCUT2D eigenvalue weighted by Crippen LogP contribution is 2.37. The zero-order valence-electron chi connectivity index (χ0n) is 21.3. The zero-order valence-corrected chi connectivity index (χ0v) is 21.3. The number of nitrogens with zero attached hydrogens (tertiary/aromatic N) is 7. The first-order chi connectivity index (χ1) is 17.2. The first-order valence-corrected chi connectivity index (χ1v) is 12.2. The number of hydrogen-bond acceptors (Lipinski definition) is 6. The lowest BCUT2D eigenvalue weighted by atomic mass is 9.88. The summed E-state index contributed by atoms with van der Waals surface area (Å²) >= 11 is 0. The second-order valence-electron chi connectivity index (χ2n) is 9.87. The quantitative estimate of drug-likeness (QED) is 0.408. The van der Waals surface area contributed by atoms with Crippen molar-refractivity contribution in [1.82, 2.24) is 34.1 Å². The highest BCUT2D eigenvalue weighted by Gasteiger charge is 2.32.